The van der Waals surface area contributed by atoms with Crippen molar-refractivity contribution in [1.29, 1.82) is 0 Å². The summed E-state index contributed by atoms with van der Waals surface area (Å²) in [7, 11) is 0. The summed E-state index contributed by atoms with van der Waals surface area (Å²) in [5, 5.41) is 12.1. The van der Waals surface area contributed by atoms with Gasteiger partial charge in [-0.15, -0.1) is 0 Å². The third kappa shape index (κ3) is 2.58. The number of nitrogens with one attached hydrogen (secondary N) is 1. The molecule has 2 heteroatoms. The van der Waals surface area contributed by atoms with E-state index in [1.54, 1.807) is 0 Å². The van der Waals surface area contributed by atoms with Crippen LogP contribution in [0.25, 0.3) is 0 Å². The zero-order chi connectivity index (χ0) is 10.5. The molecule has 1 aliphatic carbocycles. The summed E-state index contributed by atoms with van der Waals surface area (Å²) < 4.78 is 0. The Morgan fingerprint density at radius 2 is 2.13 bits per heavy atom. The number of rotatable bonds is 6. The molecule has 0 spiro atoms. The lowest BCUT2D eigenvalue weighted by atomic mass is 9.77. The maximum Gasteiger partial charge on any atom is 0.0431 e. The first-order valence-corrected chi connectivity index (χ1v) is 5.81. The normalized spacial score (nSPS) is 18.3. The van der Waals surface area contributed by atoms with E-state index in [4.69, 9.17) is 5.11 Å². The van der Waals surface area contributed by atoms with Crippen LogP contribution in [0.5, 0.6) is 0 Å². The lowest BCUT2D eigenvalue weighted by molar-refractivity contribution is 0.283. The quantitative estimate of drug-likeness (QED) is 0.693. The molecule has 0 radical (unpaired) electrons. The second kappa shape index (κ2) is 5.29. The molecule has 0 fully saturated rings. The molecule has 0 heterocycles. The summed E-state index contributed by atoms with van der Waals surface area (Å²) in [6.45, 7) is 2.43. The predicted molar refractivity (Wildman–Crippen MR) is 62.1 cm³/mol. The average Bonchev–Trinajstić information content (AvgIpc) is 2.24. The van der Waals surface area contributed by atoms with Gasteiger partial charge in [-0.3, -0.25) is 0 Å². The fraction of sp³-hybridized carbons (Fsp3) is 0.538. The van der Waals surface area contributed by atoms with Crippen molar-refractivity contribution in [3.63, 3.8) is 0 Å². The fourth-order valence-electron chi connectivity index (χ4n) is 2.18. The molecular weight excluding hydrogens is 186 g/mol. The fourth-order valence-corrected chi connectivity index (χ4v) is 2.18. The van der Waals surface area contributed by atoms with Gasteiger partial charge in [0.1, 0.15) is 0 Å². The van der Waals surface area contributed by atoms with Crippen LogP contribution in [0.4, 0.5) is 0 Å². The third-order valence-corrected chi connectivity index (χ3v) is 3.11. The van der Waals surface area contributed by atoms with Crippen LogP contribution in [-0.4, -0.2) is 24.8 Å². The summed E-state index contributed by atoms with van der Waals surface area (Å²) in [6, 6.07) is 8.69. The van der Waals surface area contributed by atoms with Crippen LogP contribution in [0.3, 0.4) is 0 Å². The first-order valence-electron chi connectivity index (χ1n) is 5.81. The summed E-state index contributed by atoms with van der Waals surface area (Å²) in [5.74, 6) is 0.718. The van der Waals surface area contributed by atoms with Gasteiger partial charge in [-0.1, -0.05) is 24.3 Å². The van der Waals surface area contributed by atoms with E-state index >= 15 is 0 Å². The van der Waals surface area contributed by atoms with E-state index in [0.717, 1.165) is 31.8 Å². The van der Waals surface area contributed by atoms with Gasteiger partial charge in [0.15, 0.2) is 0 Å². The number of unbranched alkanes of at least 4 members (excludes halogenated alkanes) is 1. The van der Waals surface area contributed by atoms with Gasteiger partial charge in [-0.05, 0) is 36.9 Å². The summed E-state index contributed by atoms with van der Waals surface area (Å²) in [6.07, 6.45) is 3.21. The lowest BCUT2D eigenvalue weighted by Gasteiger charge is -2.30. The Balaban J connectivity index is 1.67. The minimum absolute atomic E-state index is 0.313. The maximum atomic E-state index is 8.63. The highest BCUT2D eigenvalue weighted by Gasteiger charge is 2.24. The van der Waals surface area contributed by atoms with E-state index in [9.17, 15) is 0 Å². The number of hydrogen-bond donors (Lipinski definition) is 2. The molecule has 2 nitrogen and oxygen atoms in total. The molecule has 0 aromatic heterocycles. The molecule has 82 valence electrons. The van der Waals surface area contributed by atoms with Crippen LogP contribution >= 0.6 is 0 Å². The van der Waals surface area contributed by atoms with Gasteiger partial charge >= 0.3 is 0 Å². The number of benzene rings is 1. The Kier molecular flexibility index (Phi) is 3.75. The summed E-state index contributed by atoms with van der Waals surface area (Å²) in [4.78, 5) is 0. The Hall–Kier alpha value is -0.860. The van der Waals surface area contributed by atoms with Crippen LogP contribution in [0.15, 0.2) is 24.3 Å². The van der Waals surface area contributed by atoms with Crippen LogP contribution in [0.1, 0.15) is 29.9 Å². The largest absolute Gasteiger partial charge is 0.396 e. The van der Waals surface area contributed by atoms with Crippen LogP contribution in [-0.2, 0) is 6.42 Å². The van der Waals surface area contributed by atoms with Crippen molar-refractivity contribution < 1.29 is 5.11 Å². The van der Waals surface area contributed by atoms with Gasteiger partial charge in [0.25, 0.3) is 0 Å². The van der Waals surface area contributed by atoms with E-state index in [1.165, 1.54) is 17.5 Å². The Bertz CT molecular complexity index is 311. The Labute approximate surface area is 91.3 Å². The molecule has 0 saturated heterocycles. The molecule has 1 aliphatic rings. The summed E-state index contributed by atoms with van der Waals surface area (Å²) in [5.41, 5.74) is 3.03. The predicted octanol–water partition coefficient (Wildman–Crippen LogP) is 1.69. The molecular formula is C13H19NO. The van der Waals surface area contributed by atoms with Crippen molar-refractivity contribution in [1.82, 2.24) is 5.32 Å². The van der Waals surface area contributed by atoms with E-state index in [1.807, 2.05) is 0 Å². The molecule has 0 amide bonds. The van der Waals surface area contributed by atoms with Crippen LogP contribution in [0, 0.1) is 0 Å². The molecule has 0 aliphatic heterocycles. The van der Waals surface area contributed by atoms with E-state index in [0.29, 0.717) is 6.61 Å². The third-order valence-electron chi connectivity index (χ3n) is 3.11. The van der Waals surface area contributed by atoms with Gasteiger partial charge in [0, 0.05) is 19.1 Å². The molecule has 1 unspecified atom stereocenters. The average molecular weight is 205 g/mol. The van der Waals surface area contributed by atoms with E-state index in [2.05, 4.69) is 29.6 Å². The number of aliphatic hydroxyl groups is 1. The zero-order valence-corrected chi connectivity index (χ0v) is 9.08. The van der Waals surface area contributed by atoms with Crippen molar-refractivity contribution in [3.05, 3.63) is 35.4 Å². The first kappa shape index (κ1) is 10.7. The van der Waals surface area contributed by atoms with E-state index < -0.39 is 0 Å². The SMILES string of the molecule is OCCCCNCC1Cc2ccccc21. The molecule has 1 aromatic rings. The van der Waals surface area contributed by atoms with Gasteiger partial charge < -0.3 is 10.4 Å². The highest BCUT2D eigenvalue weighted by Crippen LogP contribution is 2.33. The highest BCUT2D eigenvalue weighted by atomic mass is 16.2. The Morgan fingerprint density at radius 3 is 2.93 bits per heavy atom. The number of fused-ring (bicyclic) bond motifs is 1. The molecule has 2 rings (SSSR count). The second-order valence-electron chi connectivity index (χ2n) is 4.23. The molecule has 0 saturated carbocycles. The topological polar surface area (TPSA) is 32.3 Å². The van der Waals surface area contributed by atoms with Crippen molar-refractivity contribution in [2.45, 2.75) is 25.2 Å². The molecule has 1 aromatic carbocycles. The molecule has 15 heavy (non-hydrogen) atoms. The van der Waals surface area contributed by atoms with Gasteiger partial charge in [-0.2, -0.15) is 0 Å². The van der Waals surface area contributed by atoms with Crippen LogP contribution < -0.4 is 5.32 Å². The first-order chi connectivity index (χ1) is 7.42. The number of hydrogen-bond acceptors (Lipinski definition) is 2. The zero-order valence-electron chi connectivity index (χ0n) is 9.08. The molecule has 0 bridgehead atoms. The van der Waals surface area contributed by atoms with Crippen LogP contribution in [0.2, 0.25) is 0 Å². The molecule has 2 N–H and O–H groups in total. The Morgan fingerprint density at radius 1 is 1.27 bits per heavy atom. The van der Waals surface area contributed by atoms with Crippen molar-refractivity contribution in [2.75, 3.05) is 19.7 Å². The van der Waals surface area contributed by atoms with Crippen molar-refractivity contribution in [2.24, 2.45) is 0 Å². The van der Waals surface area contributed by atoms with Gasteiger partial charge in [0.05, 0.1) is 0 Å². The van der Waals surface area contributed by atoms with Crippen molar-refractivity contribution in [3.8, 4) is 0 Å². The van der Waals surface area contributed by atoms with E-state index in [-0.39, 0.29) is 0 Å². The standard InChI is InChI=1S/C13H19NO/c15-8-4-3-7-14-10-12-9-11-5-1-2-6-13(11)12/h1-2,5-6,12,14-15H,3-4,7-10H2. The van der Waals surface area contributed by atoms with Gasteiger partial charge in [-0.25, -0.2) is 0 Å². The minimum Gasteiger partial charge on any atom is -0.396 e. The van der Waals surface area contributed by atoms with Gasteiger partial charge in [0.2, 0.25) is 0 Å². The maximum absolute atomic E-state index is 8.63. The highest BCUT2D eigenvalue weighted by molar-refractivity contribution is 5.40. The lowest BCUT2D eigenvalue weighted by Crippen LogP contribution is -2.29. The second-order valence-corrected chi connectivity index (χ2v) is 4.23. The minimum atomic E-state index is 0.313. The van der Waals surface area contributed by atoms with Crippen molar-refractivity contribution >= 4 is 0 Å². The number of aliphatic hydroxyl groups excluding tert-OH is 1. The smallest absolute Gasteiger partial charge is 0.0431 e. The molecule has 1 atom stereocenters. The summed E-state index contributed by atoms with van der Waals surface area (Å²) >= 11 is 0. The monoisotopic (exact) mass is 205 g/mol.